The van der Waals surface area contributed by atoms with E-state index in [1.165, 1.54) is 6.26 Å². The van der Waals surface area contributed by atoms with E-state index in [9.17, 15) is 4.79 Å². The largest absolute Gasteiger partial charge is 0.470 e. The maximum atomic E-state index is 12.4. The minimum absolute atomic E-state index is 0.0865. The van der Waals surface area contributed by atoms with Crippen LogP contribution in [0.25, 0.3) is 11.5 Å². The third-order valence-corrected chi connectivity index (χ3v) is 4.24. The van der Waals surface area contributed by atoms with Gasteiger partial charge in [0.1, 0.15) is 6.10 Å². The third-order valence-electron chi connectivity index (χ3n) is 3.63. The summed E-state index contributed by atoms with van der Waals surface area (Å²) in [6, 6.07) is 8.73. The number of halogens is 1. The van der Waals surface area contributed by atoms with Gasteiger partial charge < -0.3 is 18.6 Å². The minimum atomic E-state index is -0.198. The molecule has 4 rings (SSSR count). The molecule has 24 heavy (non-hydrogen) atoms. The molecule has 0 atom stereocenters. The molecule has 122 valence electrons. The maximum Gasteiger partial charge on any atom is 0.276 e. The molecule has 0 spiro atoms. The Kier molecular flexibility index (Phi) is 3.81. The van der Waals surface area contributed by atoms with Crippen LogP contribution in [0.3, 0.4) is 0 Å². The van der Waals surface area contributed by atoms with Crippen LogP contribution in [0.1, 0.15) is 10.5 Å². The number of amides is 1. The van der Waals surface area contributed by atoms with Gasteiger partial charge in [-0.3, -0.25) is 4.79 Å². The van der Waals surface area contributed by atoms with Crippen LogP contribution in [0, 0.1) is 0 Å². The molecule has 1 amide bonds. The highest BCUT2D eigenvalue weighted by Crippen LogP contribution is 2.26. The second-order valence-corrected chi connectivity index (χ2v) is 6.15. The summed E-state index contributed by atoms with van der Waals surface area (Å²) in [5.41, 5.74) is 0.249. The number of carbonyl (C=O) groups is 1. The molecular formula is C16H12BrN3O4. The molecule has 0 unspecified atom stereocenters. The van der Waals surface area contributed by atoms with E-state index < -0.39 is 0 Å². The van der Waals surface area contributed by atoms with E-state index in [1.807, 2.05) is 12.1 Å². The minimum Gasteiger partial charge on any atom is -0.470 e. The smallest absolute Gasteiger partial charge is 0.276 e. The summed E-state index contributed by atoms with van der Waals surface area (Å²) in [6.07, 6.45) is 3.11. The quantitative estimate of drug-likeness (QED) is 0.681. The van der Waals surface area contributed by atoms with Crippen LogP contribution in [0.4, 0.5) is 0 Å². The molecule has 3 aromatic rings. The summed E-state index contributed by atoms with van der Waals surface area (Å²) in [7, 11) is 0. The average molecular weight is 390 g/mol. The number of pyridine rings is 1. The summed E-state index contributed by atoms with van der Waals surface area (Å²) in [5, 5.41) is 3.81. The molecule has 3 aromatic heterocycles. The lowest BCUT2D eigenvalue weighted by molar-refractivity contribution is 0.0150. The first kappa shape index (κ1) is 14.9. The van der Waals surface area contributed by atoms with Crippen LogP contribution in [0.5, 0.6) is 5.88 Å². The highest BCUT2D eigenvalue weighted by molar-refractivity contribution is 9.10. The van der Waals surface area contributed by atoms with Gasteiger partial charge in [0.05, 0.1) is 23.8 Å². The number of carbonyl (C=O) groups excluding carboxylic acids is 1. The molecule has 0 bridgehead atoms. The normalized spacial score (nSPS) is 14.5. The van der Waals surface area contributed by atoms with Crippen LogP contribution in [0.2, 0.25) is 0 Å². The number of aromatic nitrogens is 2. The van der Waals surface area contributed by atoms with Crippen molar-refractivity contribution in [1.82, 2.24) is 15.0 Å². The molecule has 0 aromatic carbocycles. The van der Waals surface area contributed by atoms with Crippen molar-refractivity contribution in [2.75, 3.05) is 13.1 Å². The number of hydrogen-bond donors (Lipinski definition) is 0. The predicted molar refractivity (Wildman–Crippen MR) is 86.5 cm³/mol. The Morgan fingerprint density at radius 2 is 2.17 bits per heavy atom. The molecule has 1 fully saturated rings. The van der Waals surface area contributed by atoms with Gasteiger partial charge in [0.2, 0.25) is 11.6 Å². The Morgan fingerprint density at radius 3 is 2.92 bits per heavy atom. The van der Waals surface area contributed by atoms with Gasteiger partial charge in [-0.1, -0.05) is 5.16 Å². The number of ether oxygens (including phenoxy) is 1. The molecule has 0 aliphatic carbocycles. The summed E-state index contributed by atoms with van der Waals surface area (Å²) in [6.45, 7) is 0.954. The molecule has 7 nitrogen and oxygen atoms in total. The first-order valence-corrected chi connectivity index (χ1v) is 8.07. The molecule has 1 saturated heterocycles. The highest BCUT2D eigenvalue weighted by Gasteiger charge is 2.35. The maximum absolute atomic E-state index is 12.4. The summed E-state index contributed by atoms with van der Waals surface area (Å²) in [5.74, 6) is 1.29. The zero-order valence-electron chi connectivity index (χ0n) is 12.4. The second kappa shape index (κ2) is 6.12. The van der Waals surface area contributed by atoms with Crippen molar-refractivity contribution in [3.8, 4) is 17.4 Å². The standard InChI is InChI=1S/C16H12BrN3O4/c17-11-3-1-5-18-15(11)23-10-8-20(9-10)16(21)12-7-14(24-19-12)13-4-2-6-22-13/h1-7,10H,8-9H2. The van der Waals surface area contributed by atoms with Gasteiger partial charge in [0, 0.05) is 12.3 Å². The number of rotatable bonds is 4. The van der Waals surface area contributed by atoms with E-state index in [4.69, 9.17) is 13.7 Å². The molecule has 8 heteroatoms. The van der Waals surface area contributed by atoms with Crippen molar-refractivity contribution in [3.05, 3.63) is 53.0 Å². The second-order valence-electron chi connectivity index (χ2n) is 5.29. The fourth-order valence-corrected chi connectivity index (χ4v) is 2.72. The van der Waals surface area contributed by atoms with Crippen LogP contribution >= 0.6 is 15.9 Å². The van der Waals surface area contributed by atoms with Crippen LogP contribution in [-0.2, 0) is 0 Å². The molecule has 0 radical (unpaired) electrons. The lowest BCUT2D eigenvalue weighted by Crippen LogP contribution is -2.56. The van der Waals surface area contributed by atoms with Gasteiger partial charge in [-0.05, 0) is 40.2 Å². The zero-order valence-corrected chi connectivity index (χ0v) is 14.0. The Bertz CT molecular complexity index is 856. The lowest BCUT2D eigenvalue weighted by Gasteiger charge is -2.38. The van der Waals surface area contributed by atoms with E-state index in [-0.39, 0.29) is 17.7 Å². The Hall–Kier alpha value is -2.61. The van der Waals surface area contributed by atoms with Crippen LogP contribution < -0.4 is 4.74 Å². The van der Waals surface area contributed by atoms with Crippen molar-refractivity contribution >= 4 is 21.8 Å². The summed E-state index contributed by atoms with van der Waals surface area (Å²) < 4.78 is 16.9. The molecule has 1 aliphatic rings. The first-order chi connectivity index (χ1) is 11.7. The van der Waals surface area contributed by atoms with Crippen LogP contribution in [0.15, 0.2) is 56.2 Å². The number of hydrogen-bond acceptors (Lipinski definition) is 6. The molecule has 0 saturated carbocycles. The van der Waals surface area contributed by atoms with E-state index in [0.29, 0.717) is 30.5 Å². The average Bonchev–Trinajstić information content (AvgIpc) is 3.22. The van der Waals surface area contributed by atoms with Gasteiger partial charge in [0.15, 0.2) is 11.5 Å². The predicted octanol–water partition coefficient (Wildman–Crippen LogP) is 3.00. The van der Waals surface area contributed by atoms with E-state index in [0.717, 1.165) is 4.47 Å². The number of furan rings is 1. The van der Waals surface area contributed by atoms with Gasteiger partial charge in [-0.15, -0.1) is 0 Å². The lowest BCUT2D eigenvalue weighted by atomic mass is 10.1. The van der Waals surface area contributed by atoms with Crippen molar-refractivity contribution in [2.45, 2.75) is 6.10 Å². The van der Waals surface area contributed by atoms with Crippen molar-refractivity contribution in [2.24, 2.45) is 0 Å². The van der Waals surface area contributed by atoms with Crippen molar-refractivity contribution < 1.29 is 18.5 Å². The van der Waals surface area contributed by atoms with Crippen molar-refractivity contribution in [3.63, 3.8) is 0 Å². The summed E-state index contributed by atoms with van der Waals surface area (Å²) in [4.78, 5) is 18.2. The third kappa shape index (κ3) is 2.80. The molecule has 1 aliphatic heterocycles. The number of likely N-dealkylation sites (tertiary alicyclic amines) is 1. The first-order valence-electron chi connectivity index (χ1n) is 7.28. The molecule has 4 heterocycles. The molecule has 0 N–H and O–H groups in total. The van der Waals surface area contributed by atoms with E-state index in [1.54, 1.807) is 29.3 Å². The Labute approximate surface area is 145 Å². The van der Waals surface area contributed by atoms with Gasteiger partial charge in [0.25, 0.3) is 5.91 Å². The fourth-order valence-electron chi connectivity index (χ4n) is 2.37. The number of nitrogens with zero attached hydrogens (tertiary/aromatic N) is 3. The Balaban J connectivity index is 1.37. The van der Waals surface area contributed by atoms with E-state index in [2.05, 4.69) is 26.1 Å². The van der Waals surface area contributed by atoms with Crippen molar-refractivity contribution in [1.29, 1.82) is 0 Å². The fraction of sp³-hybridized carbons (Fsp3) is 0.188. The molecular weight excluding hydrogens is 378 g/mol. The van der Waals surface area contributed by atoms with Gasteiger partial charge in [-0.25, -0.2) is 4.98 Å². The summed E-state index contributed by atoms with van der Waals surface area (Å²) >= 11 is 3.38. The Morgan fingerprint density at radius 1 is 1.29 bits per heavy atom. The van der Waals surface area contributed by atoms with E-state index >= 15 is 0 Å². The monoisotopic (exact) mass is 389 g/mol. The van der Waals surface area contributed by atoms with Gasteiger partial charge >= 0.3 is 0 Å². The van der Waals surface area contributed by atoms with Crippen LogP contribution in [-0.4, -0.2) is 40.1 Å². The highest BCUT2D eigenvalue weighted by atomic mass is 79.9. The zero-order chi connectivity index (χ0) is 16.5. The van der Waals surface area contributed by atoms with Gasteiger partial charge in [-0.2, -0.15) is 0 Å². The topological polar surface area (TPSA) is 81.6 Å². The SMILES string of the molecule is O=C(c1cc(-c2ccco2)on1)N1CC(Oc2ncccc2Br)C1.